The third kappa shape index (κ3) is 4.25. The third-order valence-electron chi connectivity index (χ3n) is 4.13. The van der Waals surface area contributed by atoms with Gasteiger partial charge in [-0.2, -0.15) is 0 Å². The first kappa shape index (κ1) is 17.6. The Morgan fingerprint density at radius 2 is 2.15 bits per heavy atom. The van der Waals surface area contributed by atoms with E-state index in [1.54, 1.807) is 12.3 Å². The Morgan fingerprint density at radius 3 is 2.96 bits per heavy atom. The zero-order valence-corrected chi connectivity index (χ0v) is 15.0. The van der Waals surface area contributed by atoms with Gasteiger partial charge in [-0.1, -0.05) is 37.4 Å². The molecule has 1 aromatic heterocycles. The quantitative estimate of drug-likeness (QED) is 0.621. The standard InChI is InChI=1S/C23H22N2O/c1-4-13-24-18(3)19-9-5-11-21(15-19)26-22-12-6-10-20(16-22)23-17(2)8-7-14-25-23/h4,6-8,10-16H,1,3,5,9H2,2H3. The van der Waals surface area contributed by atoms with Crippen LogP contribution in [0, 0.1) is 6.92 Å². The monoisotopic (exact) mass is 342 g/mol. The fourth-order valence-electron chi connectivity index (χ4n) is 2.83. The molecule has 0 N–H and O–H groups in total. The largest absolute Gasteiger partial charge is 0.458 e. The Kier molecular flexibility index (Phi) is 5.59. The van der Waals surface area contributed by atoms with Crippen LogP contribution in [0.15, 0.2) is 96.0 Å². The molecule has 0 unspecified atom stereocenters. The summed E-state index contributed by atoms with van der Waals surface area (Å²) in [7, 11) is 0. The molecule has 0 spiro atoms. The maximum atomic E-state index is 6.09. The normalized spacial score (nSPS) is 13.9. The molecule has 0 atom stereocenters. The molecule has 0 aliphatic heterocycles. The second kappa shape index (κ2) is 8.26. The Labute approximate surface area is 154 Å². The van der Waals surface area contributed by atoms with Crippen LogP contribution in [0.3, 0.4) is 0 Å². The first-order chi connectivity index (χ1) is 12.7. The summed E-state index contributed by atoms with van der Waals surface area (Å²) in [5, 5.41) is 0. The zero-order chi connectivity index (χ0) is 18.4. The zero-order valence-electron chi connectivity index (χ0n) is 15.0. The van der Waals surface area contributed by atoms with Gasteiger partial charge in [0.25, 0.3) is 0 Å². The fraction of sp³-hybridized carbons (Fsp3) is 0.130. The first-order valence-electron chi connectivity index (χ1n) is 8.62. The van der Waals surface area contributed by atoms with Gasteiger partial charge in [-0.15, -0.1) is 0 Å². The number of benzene rings is 1. The SMILES string of the molecule is C=CC=NC(=C)C1=CC(Oc2cccc(-c3ncccc3C)c2)=CCC1. The van der Waals surface area contributed by atoms with Crippen LogP contribution in [0.5, 0.6) is 5.75 Å². The summed E-state index contributed by atoms with van der Waals surface area (Å²) < 4.78 is 6.09. The van der Waals surface area contributed by atoms with Crippen LogP contribution in [0.2, 0.25) is 0 Å². The van der Waals surface area contributed by atoms with Crippen LogP contribution in [0.25, 0.3) is 11.3 Å². The van der Waals surface area contributed by atoms with Crippen molar-refractivity contribution in [2.24, 2.45) is 4.99 Å². The van der Waals surface area contributed by atoms with Crippen LogP contribution < -0.4 is 4.74 Å². The summed E-state index contributed by atoms with van der Waals surface area (Å²) >= 11 is 0. The highest BCUT2D eigenvalue weighted by atomic mass is 16.5. The molecular formula is C23H22N2O. The molecule has 0 bridgehead atoms. The average Bonchev–Trinajstić information content (AvgIpc) is 2.67. The number of aromatic nitrogens is 1. The van der Waals surface area contributed by atoms with Crippen LogP contribution in [0.1, 0.15) is 18.4 Å². The van der Waals surface area contributed by atoms with Gasteiger partial charge >= 0.3 is 0 Å². The fourth-order valence-corrected chi connectivity index (χ4v) is 2.83. The van der Waals surface area contributed by atoms with Gasteiger partial charge in [0.1, 0.15) is 11.5 Å². The minimum absolute atomic E-state index is 0.747. The lowest BCUT2D eigenvalue weighted by atomic mass is 10.0. The van der Waals surface area contributed by atoms with Crippen molar-refractivity contribution in [3.05, 3.63) is 96.6 Å². The molecule has 0 saturated carbocycles. The number of hydrogen-bond acceptors (Lipinski definition) is 3. The molecule has 1 heterocycles. The second-order valence-electron chi connectivity index (χ2n) is 6.07. The number of ether oxygens (including phenoxy) is 1. The molecule has 0 amide bonds. The van der Waals surface area contributed by atoms with E-state index >= 15 is 0 Å². The van der Waals surface area contributed by atoms with Crippen molar-refractivity contribution in [3.8, 4) is 17.0 Å². The molecular weight excluding hydrogens is 320 g/mol. The number of pyridine rings is 1. The predicted molar refractivity (Wildman–Crippen MR) is 108 cm³/mol. The number of aryl methyl sites for hydroxylation is 1. The van der Waals surface area contributed by atoms with E-state index in [0.717, 1.165) is 52.4 Å². The van der Waals surface area contributed by atoms with E-state index in [2.05, 4.69) is 42.2 Å². The Morgan fingerprint density at radius 1 is 1.27 bits per heavy atom. The van der Waals surface area contributed by atoms with Gasteiger partial charge in [-0.05, 0) is 61.3 Å². The molecule has 1 aliphatic rings. The van der Waals surface area contributed by atoms with Gasteiger partial charge in [-0.25, -0.2) is 0 Å². The second-order valence-corrected chi connectivity index (χ2v) is 6.07. The third-order valence-corrected chi connectivity index (χ3v) is 4.13. The highest BCUT2D eigenvalue weighted by Gasteiger charge is 2.11. The van der Waals surface area contributed by atoms with Gasteiger partial charge in [0.2, 0.25) is 0 Å². The van der Waals surface area contributed by atoms with Crippen molar-refractivity contribution in [1.29, 1.82) is 0 Å². The van der Waals surface area contributed by atoms with E-state index in [1.165, 1.54) is 0 Å². The average molecular weight is 342 g/mol. The molecule has 130 valence electrons. The van der Waals surface area contributed by atoms with Crippen molar-refractivity contribution < 1.29 is 4.74 Å². The van der Waals surface area contributed by atoms with Gasteiger partial charge in [0.05, 0.1) is 11.4 Å². The summed E-state index contributed by atoms with van der Waals surface area (Å²) in [5.41, 5.74) is 4.98. The molecule has 0 radical (unpaired) electrons. The highest BCUT2D eigenvalue weighted by molar-refractivity contribution is 5.72. The van der Waals surface area contributed by atoms with Gasteiger partial charge in [0, 0.05) is 18.0 Å². The molecule has 0 fully saturated rings. The molecule has 3 nitrogen and oxygen atoms in total. The summed E-state index contributed by atoms with van der Waals surface area (Å²) in [4.78, 5) is 8.76. The van der Waals surface area contributed by atoms with E-state index in [0.29, 0.717) is 0 Å². The first-order valence-corrected chi connectivity index (χ1v) is 8.62. The van der Waals surface area contributed by atoms with E-state index in [1.807, 2.05) is 42.6 Å². The van der Waals surface area contributed by atoms with E-state index in [-0.39, 0.29) is 0 Å². The summed E-state index contributed by atoms with van der Waals surface area (Å²) in [6, 6.07) is 12.0. The number of nitrogens with zero attached hydrogens (tertiary/aromatic N) is 2. The van der Waals surface area contributed by atoms with Crippen LogP contribution >= 0.6 is 0 Å². The Balaban J connectivity index is 1.80. The number of aliphatic imine (C=N–C) groups is 1. The van der Waals surface area contributed by atoms with Crippen molar-refractivity contribution >= 4 is 6.21 Å². The maximum absolute atomic E-state index is 6.09. The van der Waals surface area contributed by atoms with Gasteiger partial charge < -0.3 is 4.74 Å². The van der Waals surface area contributed by atoms with Crippen molar-refractivity contribution in [2.75, 3.05) is 0 Å². The minimum Gasteiger partial charge on any atom is -0.458 e. The number of allylic oxidation sites excluding steroid dienone is 4. The molecule has 2 aromatic rings. The predicted octanol–water partition coefficient (Wildman–Crippen LogP) is 5.81. The lowest BCUT2D eigenvalue weighted by Crippen LogP contribution is -2.00. The van der Waals surface area contributed by atoms with Gasteiger partial charge in [0.15, 0.2) is 0 Å². The highest BCUT2D eigenvalue weighted by Crippen LogP contribution is 2.28. The molecule has 3 rings (SSSR count). The molecule has 0 saturated heterocycles. The van der Waals surface area contributed by atoms with Crippen molar-refractivity contribution in [3.63, 3.8) is 0 Å². The number of rotatable bonds is 6. The van der Waals surface area contributed by atoms with Crippen molar-refractivity contribution in [1.82, 2.24) is 4.98 Å². The summed E-state index contributed by atoms with van der Waals surface area (Å²) in [6.45, 7) is 9.71. The van der Waals surface area contributed by atoms with Crippen LogP contribution in [0.4, 0.5) is 0 Å². The molecule has 3 heteroatoms. The van der Waals surface area contributed by atoms with E-state index in [9.17, 15) is 0 Å². The van der Waals surface area contributed by atoms with Crippen molar-refractivity contribution in [2.45, 2.75) is 19.8 Å². The molecule has 1 aliphatic carbocycles. The molecule has 1 aromatic carbocycles. The minimum atomic E-state index is 0.747. The maximum Gasteiger partial charge on any atom is 0.128 e. The Bertz CT molecular complexity index is 919. The van der Waals surface area contributed by atoms with Crippen LogP contribution in [-0.4, -0.2) is 11.2 Å². The van der Waals surface area contributed by atoms with Crippen LogP contribution in [-0.2, 0) is 0 Å². The number of hydrogen-bond donors (Lipinski definition) is 0. The van der Waals surface area contributed by atoms with E-state index < -0.39 is 0 Å². The Hall–Kier alpha value is -3.20. The smallest absolute Gasteiger partial charge is 0.128 e. The molecule has 26 heavy (non-hydrogen) atoms. The summed E-state index contributed by atoms with van der Waals surface area (Å²) in [5.74, 6) is 1.60. The topological polar surface area (TPSA) is 34.5 Å². The van der Waals surface area contributed by atoms with E-state index in [4.69, 9.17) is 4.74 Å². The van der Waals surface area contributed by atoms with Gasteiger partial charge in [-0.3, -0.25) is 9.98 Å². The summed E-state index contributed by atoms with van der Waals surface area (Å²) in [6.07, 6.45) is 11.0. The lowest BCUT2D eigenvalue weighted by Gasteiger charge is -2.15. The lowest BCUT2D eigenvalue weighted by molar-refractivity contribution is 0.438.